The quantitative estimate of drug-likeness (QED) is 0.826. The van der Waals surface area contributed by atoms with Crippen molar-refractivity contribution in [2.24, 2.45) is 0 Å². The number of sulfonamides is 1. The minimum absolute atomic E-state index is 0.141. The fraction of sp³-hybridized carbons (Fsp3) is 0.625. The maximum absolute atomic E-state index is 11.5. The molecular weight excluding hydrogens is 298 g/mol. The Morgan fingerprint density at radius 1 is 1.32 bits per heavy atom. The maximum atomic E-state index is 11.5. The van der Waals surface area contributed by atoms with Gasteiger partial charge in [0.1, 0.15) is 0 Å². The van der Waals surface area contributed by atoms with Crippen LogP contribution in [0.15, 0.2) is 30.3 Å². The van der Waals surface area contributed by atoms with Crippen LogP contribution < -0.4 is 9.62 Å². The Kier molecular flexibility index (Phi) is 6.23. The molecule has 0 saturated carbocycles. The molecule has 1 aliphatic heterocycles. The number of hydrogen-bond donors (Lipinski definition) is 1. The molecule has 0 aliphatic carbocycles. The van der Waals surface area contributed by atoms with Crippen molar-refractivity contribution in [3.05, 3.63) is 30.3 Å². The van der Waals surface area contributed by atoms with Crippen LogP contribution in [0.25, 0.3) is 0 Å². The molecule has 1 saturated heterocycles. The molecule has 124 valence electrons. The molecule has 1 fully saturated rings. The lowest BCUT2D eigenvalue weighted by molar-refractivity contribution is 0.219. The lowest BCUT2D eigenvalue weighted by atomic mass is 10.0. The van der Waals surface area contributed by atoms with Crippen LogP contribution in [0.4, 0.5) is 5.69 Å². The third-order valence-electron chi connectivity index (χ3n) is 4.31. The fourth-order valence-corrected chi connectivity index (χ4v) is 3.46. The van der Waals surface area contributed by atoms with Crippen LogP contribution in [0.5, 0.6) is 0 Å². The smallest absolute Gasteiger partial charge is 0.211 e. The molecule has 0 unspecified atom stereocenters. The van der Waals surface area contributed by atoms with Gasteiger partial charge < -0.3 is 9.80 Å². The maximum Gasteiger partial charge on any atom is 0.211 e. The van der Waals surface area contributed by atoms with Crippen LogP contribution in [0.3, 0.4) is 0 Å². The topological polar surface area (TPSA) is 52.7 Å². The van der Waals surface area contributed by atoms with Crippen molar-refractivity contribution >= 4 is 15.7 Å². The molecule has 1 atom stereocenters. The summed E-state index contributed by atoms with van der Waals surface area (Å²) in [5, 5.41) is 0. The molecular formula is C16H27N3O2S. The van der Waals surface area contributed by atoms with Crippen molar-refractivity contribution in [1.82, 2.24) is 9.62 Å². The molecule has 0 aromatic heterocycles. The van der Waals surface area contributed by atoms with Crippen molar-refractivity contribution in [1.29, 1.82) is 0 Å². The Morgan fingerprint density at radius 2 is 2.05 bits per heavy atom. The van der Waals surface area contributed by atoms with Gasteiger partial charge in [0.15, 0.2) is 0 Å². The van der Waals surface area contributed by atoms with E-state index in [2.05, 4.69) is 45.8 Å². The normalized spacial score (nSPS) is 19.6. The van der Waals surface area contributed by atoms with E-state index in [9.17, 15) is 8.42 Å². The van der Waals surface area contributed by atoms with Gasteiger partial charge in [-0.15, -0.1) is 0 Å². The van der Waals surface area contributed by atoms with E-state index in [1.807, 2.05) is 6.07 Å². The van der Waals surface area contributed by atoms with Gasteiger partial charge in [-0.1, -0.05) is 18.2 Å². The number of para-hydroxylation sites is 1. The van der Waals surface area contributed by atoms with Gasteiger partial charge in [0.2, 0.25) is 10.0 Å². The molecule has 0 bridgehead atoms. The summed E-state index contributed by atoms with van der Waals surface area (Å²) in [6.45, 7) is 4.98. The van der Waals surface area contributed by atoms with E-state index in [0.717, 1.165) is 19.6 Å². The highest BCUT2D eigenvalue weighted by atomic mass is 32.2. The first-order chi connectivity index (χ1) is 10.5. The molecule has 6 heteroatoms. The molecule has 22 heavy (non-hydrogen) atoms. The largest absolute Gasteiger partial charge is 0.370 e. The molecule has 0 amide bonds. The Hall–Kier alpha value is -1.11. The fourth-order valence-electron chi connectivity index (χ4n) is 2.85. The second-order valence-electron chi connectivity index (χ2n) is 5.86. The van der Waals surface area contributed by atoms with Crippen LogP contribution in [-0.2, 0) is 10.0 Å². The van der Waals surface area contributed by atoms with Gasteiger partial charge in [-0.3, -0.25) is 0 Å². The lowest BCUT2D eigenvalue weighted by Crippen LogP contribution is -2.48. The second-order valence-corrected chi connectivity index (χ2v) is 7.95. The monoisotopic (exact) mass is 325 g/mol. The highest BCUT2D eigenvalue weighted by Crippen LogP contribution is 2.21. The minimum atomic E-state index is -3.09. The van der Waals surface area contributed by atoms with Gasteiger partial charge in [-0.2, -0.15) is 0 Å². The number of nitrogens with zero attached hydrogens (tertiary/aromatic N) is 2. The summed E-state index contributed by atoms with van der Waals surface area (Å²) in [5.41, 5.74) is 1.27. The summed E-state index contributed by atoms with van der Waals surface area (Å²) in [6.07, 6.45) is 2.34. The van der Waals surface area contributed by atoms with Crippen molar-refractivity contribution in [3.63, 3.8) is 0 Å². The SMILES string of the molecule is CCS(=O)(=O)NCCN(C)[C@@H]1CCCN(c2ccccc2)C1. The zero-order valence-corrected chi connectivity index (χ0v) is 14.3. The zero-order valence-electron chi connectivity index (χ0n) is 13.5. The van der Waals surface area contributed by atoms with Crippen molar-refractivity contribution in [2.75, 3.05) is 43.9 Å². The van der Waals surface area contributed by atoms with E-state index in [4.69, 9.17) is 0 Å². The standard InChI is InChI=1S/C16H27N3O2S/c1-3-22(20,21)17-11-13-18(2)16-10-7-12-19(14-16)15-8-5-4-6-9-15/h4-6,8-9,16-17H,3,7,10-14H2,1-2H3/t16-/m1/s1. The average Bonchev–Trinajstić information content (AvgIpc) is 2.55. The van der Waals surface area contributed by atoms with E-state index in [0.29, 0.717) is 12.6 Å². The third kappa shape index (κ3) is 4.97. The van der Waals surface area contributed by atoms with Gasteiger partial charge in [0.25, 0.3) is 0 Å². The van der Waals surface area contributed by atoms with E-state index in [1.54, 1.807) is 6.92 Å². The molecule has 0 radical (unpaired) electrons. The molecule has 1 aromatic carbocycles. The first-order valence-corrected chi connectivity index (χ1v) is 9.64. The van der Waals surface area contributed by atoms with E-state index < -0.39 is 10.0 Å². The minimum Gasteiger partial charge on any atom is -0.370 e. The highest BCUT2D eigenvalue weighted by molar-refractivity contribution is 7.89. The van der Waals surface area contributed by atoms with Gasteiger partial charge in [0.05, 0.1) is 5.75 Å². The summed E-state index contributed by atoms with van der Waals surface area (Å²) >= 11 is 0. The van der Waals surface area contributed by atoms with E-state index in [1.165, 1.54) is 18.5 Å². The number of anilines is 1. The number of piperidine rings is 1. The molecule has 5 nitrogen and oxygen atoms in total. The molecule has 1 aromatic rings. The summed E-state index contributed by atoms with van der Waals surface area (Å²) < 4.78 is 25.6. The third-order valence-corrected chi connectivity index (χ3v) is 5.71. The van der Waals surface area contributed by atoms with Crippen molar-refractivity contribution in [3.8, 4) is 0 Å². The van der Waals surface area contributed by atoms with E-state index in [-0.39, 0.29) is 5.75 Å². The number of likely N-dealkylation sites (N-methyl/N-ethyl adjacent to an activating group) is 1. The van der Waals surface area contributed by atoms with Gasteiger partial charge in [-0.05, 0) is 38.9 Å². The number of hydrogen-bond acceptors (Lipinski definition) is 4. The first-order valence-electron chi connectivity index (χ1n) is 7.99. The molecule has 0 spiro atoms. The lowest BCUT2D eigenvalue weighted by Gasteiger charge is -2.39. The number of nitrogens with one attached hydrogen (secondary N) is 1. The van der Waals surface area contributed by atoms with Crippen LogP contribution in [0.2, 0.25) is 0 Å². The van der Waals surface area contributed by atoms with Crippen LogP contribution in [0.1, 0.15) is 19.8 Å². The van der Waals surface area contributed by atoms with Crippen LogP contribution in [-0.4, -0.2) is 58.3 Å². The molecule has 2 rings (SSSR count). The Bertz CT molecular complexity index is 548. The van der Waals surface area contributed by atoms with Gasteiger partial charge >= 0.3 is 0 Å². The predicted molar refractivity (Wildman–Crippen MR) is 91.8 cm³/mol. The zero-order chi connectivity index (χ0) is 16.0. The van der Waals surface area contributed by atoms with Crippen molar-refractivity contribution in [2.45, 2.75) is 25.8 Å². The van der Waals surface area contributed by atoms with E-state index >= 15 is 0 Å². The number of benzene rings is 1. The summed E-state index contributed by atoms with van der Waals surface area (Å²) in [7, 11) is -1.00. The molecule has 1 N–H and O–H groups in total. The molecule has 1 aliphatic rings. The Labute approximate surface area is 134 Å². The predicted octanol–water partition coefficient (Wildman–Crippen LogP) is 1.53. The van der Waals surface area contributed by atoms with Crippen molar-refractivity contribution < 1.29 is 8.42 Å². The van der Waals surface area contributed by atoms with Crippen LogP contribution >= 0.6 is 0 Å². The highest BCUT2D eigenvalue weighted by Gasteiger charge is 2.23. The summed E-state index contributed by atoms with van der Waals surface area (Å²) in [5.74, 6) is 0.141. The molecule has 1 heterocycles. The van der Waals surface area contributed by atoms with Gasteiger partial charge in [-0.25, -0.2) is 13.1 Å². The van der Waals surface area contributed by atoms with Crippen LogP contribution in [0, 0.1) is 0 Å². The second kappa shape index (κ2) is 7.94. The first kappa shape index (κ1) is 17.2. The average molecular weight is 325 g/mol. The Morgan fingerprint density at radius 3 is 2.73 bits per heavy atom. The van der Waals surface area contributed by atoms with Gasteiger partial charge in [0, 0.05) is 37.9 Å². The summed E-state index contributed by atoms with van der Waals surface area (Å²) in [6, 6.07) is 11.0. The number of rotatable bonds is 7. The summed E-state index contributed by atoms with van der Waals surface area (Å²) in [4.78, 5) is 4.69. The Balaban J connectivity index is 1.84.